The van der Waals surface area contributed by atoms with Crippen molar-refractivity contribution in [1.29, 1.82) is 0 Å². The van der Waals surface area contributed by atoms with E-state index in [4.69, 9.17) is 4.74 Å². The van der Waals surface area contributed by atoms with Crippen LogP contribution in [0.4, 0.5) is 5.69 Å². The average molecular weight is 346 g/mol. The number of likely N-dealkylation sites (tertiary alicyclic amines) is 1. The number of hydrogen-bond acceptors (Lipinski definition) is 4. The van der Waals surface area contributed by atoms with E-state index < -0.39 is 0 Å². The Kier molecular flexibility index (Phi) is 7.44. The van der Waals surface area contributed by atoms with E-state index in [1.807, 2.05) is 4.90 Å². The number of ether oxygens (including phenoxy) is 1. The molecular weight excluding hydrogens is 320 g/mol. The molecule has 2 amide bonds. The van der Waals surface area contributed by atoms with Crippen molar-refractivity contribution in [2.75, 3.05) is 25.0 Å². The van der Waals surface area contributed by atoms with Crippen molar-refractivity contribution < 1.29 is 19.1 Å². The van der Waals surface area contributed by atoms with E-state index in [-0.39, 0.29) is 30.6 Å². The Hall–Kier alpha value is -2.37. The number of hydrogen-bond donors (Lipinski definition) is 1. The first kappa shape index (κ1) is 19.0. The molecule has 0 unspecified atom stereocenters. The van der Waals surface area contributed by atoms with Gasteiger partial charge in [0.05, 0.1) is 13.0 Å². The molecule has 1 N–H and O–H groups in total. The molecule has 1 aliphatic rings. The smallest absolute Gasteiger partial charge is 0.306 e. The molecule has 0 aromatic heterocycles. The zero-order chi connectivity index (χ0) is 18.1. The summed E-state index contributed by atoms with van der Waals surface area (Å²) in [6.07, 6.45) is 4.52. The lowest BCUT2D eigenvalue weighted by atomic mass is 10.1. The van der Waals surface area contributed by atoms with Crippen molar-refractivity contribution in [3.63, 3.8) is 0 Å². The lowest BCUT2D eigenvalue weighted by Gasteiger charge is -2.20. The van der Waals surface area contributed by atoms with Gasteiger partial charge in [-0.25, -0.2) is 0 Å². The summed E-state index contributed by atoms with van der Waals surface area (Å²) in [4.78, 5) is 37.7. The monoisotopic (exact) mass is 346 g/mol. The second-order valence-electron chi connectivity index (χ2n) is 6.14. The summed E-state index contributed by atoms with van der Waals surface area (Å²) in [5.74, 6) is -0.653. The molecule has 1 saturated heterocycles. The van der Waals surface area contributed by atoms with Crippen LogP contribution >= 0.6 is 0 Å². The summed E-state index contributed by atoms with van der Waals surface area (Å²) >= 11 is 0. The van der Waals surface area contributed by atoms with Gasteiger partial charge < -0.3 is 15.0 Å². The Labute approximate surface area is 148 Å². The van der Waals surface area contributed by atoms with E-state index in [2.05, 4.69) is 5.32 Å². The highest BCUT2D eigenvalue weighted by Crippen LogP contribution is 2.16. The Morgan fingerprint density at radius 3 is 2.48 bits per heavy atom. The number of carbonyl (C=O) groups is 3. The minimum Gasteiger partial charge on any atom is -0.466 e. The first-order valence-electron chi connectivity index (χ1n) is 8.95. The van der Waals surface area contributed by atoms with E-state index in [1.54, 1.807) is 31.2 Å². The summed E-state index contributed by atoms with van der Waals surface area (Å²) in [5.41, 5.74) is 1.14. The Morgan fingerprint density at radius 2 is 1.80 bits per heavy atom. The number of anilines is 1. The third-order valence-electron chi connectivity index (χ3n) is 4.15. The summed E-state index contributed by atoms with van der Waals surface area (Å²) in [6.45, 7) is 3.61. The SMILES string of the molecule is CCOC(=O)CCC(=O)Nc1cccc(C(=O)N2CCCCCC2)c1. The fraction of sp³-hybridized carbons (Fsp3) is 0.526. The van der Waals surface area contributed by atoms with Crippen LogP contribution in [0.25, 0.3) is 0 Å². The number of carbonyl (C=O) groups excluding carboxylic acids is 3. The van der Waals surface area contributed by atoms with E-state index in [0.29, 0.717) is 17.9 Å². The first-order valence-corrected chi connectivity index (χ1v) is 8.95. The fourth-order valence-corrected chi connectivity index (χ4v) is 2.86. The van der Waals surface area contributed by atoms with Crippen molar-refractivity contribution in [3.8, 4) is 0 Å². The molecular formula is C19H26N2O4. The molecule has 0 radical (unpaired) electrons. The second kappa shape index (κ2) is 9.81. The molecule has 25 heavy (non-hydrogen) atoms. The zero-order valence-corrected chi connectivity index (χ0v) is 14.8. The number of benzene rings is 1. The van der Waals surface area contributed by atoms with Crippen LogP contribution in [0.1, 0.15) is 55.8 Å². The second-order valence-corrected chi connectivity index (χ2v) is 6.14. The van der Waals surface area contributed by atoms with Crippen molar-refractivity contribution in [2.24, 2.45) is 0 Å². The van der Waals surface area contributed by atoms with Gasteiger partial charge in [0.1, 0.15) is 0 Å². The van der Waals surface area contributed by atoms with Crippen LogP contribution < -0.4 is 5.32 Å². The number of nitrogens with one attached hydrogen (secondary N) is 1. The average Bonchev–Trinajstić information content (AvgIpc) is 2.89. The van der Waals surface area contributed by atoms with Gasteiger partial charge in [0, 0.05) is 30.8 Å². The van der Waals surface area contributed by atoms with Crippen LogP contribution in [0.3, 0.4) is 0 Å². The number of esters is 1. The van der Waals surface area contributed by atoms with Gasteiger partial charge >= 0.3 is 5.97 Å². The van der Waals surface area contributed by atoms with Crippen LogP contribution in [0.5, 0.6) is 0 Å². The van der Waals surface area contributed by atoms with Crippen LogP contribution in [-0.4, -0.2) is 42.4 Å². The van der Waals surface area contributed by atoms with Gasteiger partial charge in [0.15, 0.2) is 0 Å². The molecule has 1 aromatic rings. The quantitative estimate of drug-likeness (QED) is 0.804. The highest BCUT2D eigenvalue weighted by molar-refractivity contribution is 5.97. The van der Waals surface area contributed by atoms with Gasteiger partial charge in [-0.3, -0.25) is 14.4 Å². The fourth-order valence-electron chi connectivity index (χ4n) is 2.86. The highest BCUT2D eigenvalue weighted by atomic mass is 16.5. The molecule has 1 aromatic carbocycles. The maximum Gasteiger partial charge on any atom is 0.306 e. The summed E-state index contributed by atoms with van der Waals surface area (Å²) in [7, 11) is 0. The van der Waals surface area contributed by atoms with Crippen LogP contribution in [0.15, 0.2) is 24.3 Å². The molecule has 1 heterocycles. The van der Waals surface area contributed by atoms with Gasteiger partial charge in [-0.05, 0) is 38.0 Å². The normalized spacial score (nSPS) is 14.5. The standard InChI is InChI=1S/C19H26N2O4/c1-2-25-18(23)11-10-17(22)20-16-9-7-8-15(14-16)19(24)21-12-5-3-4-6-13-21/h7-9,14H,2-6,10-13H2,1H3,(H,20,22). The Bertz CT molecular complexity index is 607. The Morgan fingerprint density at radius 1 is 1.08 bits per heavy atom. The molecule has 0 bridgehead atoms. The molecule has 0 saturated carbocycles. The van der Waals surface area contributed by atoms with Crippen molar-refractivity contribution in [3.05, 3.63) is 29.8 Å². The summed E-state index contributed by atoms with van der Waals surface area (Å²) < 4.78 is 4.80. The predicted octanol–water partition coefficient (Wildman–Crippen LogP) is 2.98. The van der Waals surface area contributed by atoms with Crippen molar-refractivity contribution in [2.45, 2.75) is 45.4 Å². The molecule has 1 fully saturated rings. The third kappa shape index (κ3) is 6.21. The first-order chi connectivity index (χ1) is 12.1. The molecule has 0 spiro atoms. The van der Waals surface area contributed by atoms with Gasteiger partial charge in [-0.1, -0.05) is 18.9 Å². The summed E-state index contributed by atoms with van der Waals surface area (Å²) in [5, 5.41) is 2.73. The van der Waals surface area contributed by atoms with Crippen LogP contribution in [0.2, 0.25) is 0 Å². The minimum atomic E-state index is -0.386. The van der Waals surface area contributed by atoms with Gasteiger partial charge in [-0.2, -0.15) is 0 Å². The summed E-state index contributed by atoms with van der Waals surface area (Å²) in [6, 6.07) is 6.95. The molecule has 2 rings (SSSR count). The largest absolute Gasteiger partial charge is 0.466 e. The molecule has 1 aliphatic heterocycles. The highest BCUT2D eigenvalue weighted by Gasteiger charge is 2.17. The Balaban J connectivity index is 1.92. The molecule has 136 valence electrons. The maximum atomic E-state index is 12.6. The predicted molar refractivity (Wildman–Crippen MR) is 95.3 cm³/mol. The van der Waals surface area contributed by atoms with Gasteiger partial charge in [0.25, 0.3) is 5.91 Å². The molecule has 0 atom stereocenters. The number of amides is 2. The topological polar surface area (TPSA) is 75.7 Å². The lowest BCUT2D eigenvalue weighted by molar-refractivity contribution is -0.144. The van der Waals surface area contributed by atoms with Crippen LogP contribution in [-0.2, 0) is 14.3 Å². The van der Waals surface area contributed by atoms with E-state index in [9.17, 15) is 14.4 Å². The number of rotatable bonds is 6. The molecule has 6 heteroatoms. The van der Waals surface area contributed by atoms with E-state index in [1.165, 1.54) is 12.8 Å². The maximum absolute atomic E-state index is 12.6. The zero-order valence-electron chi connectivity index (χ0n) is 14.8. The molecule has 6 nitrogen and oxygen atoms in total. The number of nitrogens with zero attached hydrogens (tertiary/aromatic N) is 1. The van der Waals surface area contributed by atoms with Crippen molar-refractivity contribution in [1.82, 2.24) is 4.90 Å². The lowest BCUT2D eigenvalue weighted by Crippen LogP contribution is -2.31. The van der Waals surface area contributed by atoms with Gasteiger partial charge in [-0.15, -0.1) is 0 Å². The minimum absolute atomic E-state index is 0.00419. The van der Waals surface area contributed by atoms with E-state index in [0.717, 1.165) is 25.9 Å². The third-order valence-corrected chi connectivity index (χ3v) is 4.15. The molecule has 0 aliphatic carbocycles. The van der Waals surface area contributed by atoms with Crippen LogP contribution in [0, 0.1) is 0 Å². The van der Waals surface area contributed by atoms with Crippen molar-refractivity contribution >= 4 is 23.5 Å². The van der Waals surface area contributed by atoms with Gasteiger partial charge in [0.2, 0.25) is 5.91 Å². The van der Waals surface area contributed by atoms with E-state index >= 15 is 0 Å².